The summed E-state index contributed by atoms with van der Waals surface area (Å²) in [7, 11) is 6.59. The van der Waals surface area contributed by atoms with Crippen molar-refractivity contribution in [2.75, 3.05) is 43.7 Å². The first kappa shape index (κ1) is 29.6. The zero-order chi connectivity index (χ0) is 31.5. The Morgan fingerprint density at radius 2 is 1.67 bits per heavy atom. The van der Waals surface area contributed by atoms with Crippen LogP contribution < -0.4 is 21.3 Å². The zero-order valence-corrected chi connectivity index (χ0v) is 24.0. The number of aliphatic hydroxyl groups is 3. The molecule has 43 heavy (non-hydrogen) atoms. The lowest BCUT2D eigenvalue weighted by molar-refractivity contribution is -0.148. The van der Waals surface area contributed by atoms with Crippen molar-refractivity contribution in [2.24, 2.45) is 17.6 Å². The summed E-state index contributed by atoms with van der Waals surface area (Å²) in [6, 6.07) is 8.35. The number of primary amides is 1. The first-order chi connectivity index (χ1) is 20.2. The number of nitrogens with zero attached hydrogens (tertiary/aromatic N) is 2. The van der Waals surface area contributed by atoms with Crippen LogP contribution in [-0.2, 0) is 16.0 Å². The Bertz CT molecular complexity index is 1630. The molecule has 4 atom stereocenters. The van der Waals surface area contributed by atoms with Gasteiger partial charge in [0, 0.05) is 37.0 Å². The van der Waals surface area contributed by atoms with Gasteiger partial charge in [0.25, 0.3) is 5.91 Å². The number of amides is 3. The summed E-state index contributed by atoms with van der Waals surface area (Å²) in [5.74, 6) is -7.45. The van der Waals surface area contributed by atoms with Crippen molar-refractivity contribution in [1.29, 1.82) is 0 Å². The van der Waals surface area contributed by atoms with E-state index in [-0.39, 0.29) is 29.7 Å². The third-order valence-electron chi connectivity index (χ3n) is 8.46. The lowest BCUT2D eigenvalue weighted by atomic mass is 9.58. The van der Waals surface area contributed by atoms with Crippen molar-refractivity contribution in [3.05, 3.63) is 70.2 Å². The fourth-order valence-corrected chi connectivity index (χ4v) is 6.60. The number of para-hydroxylation sites is 1. The van der Waals surface area contributed by atoms with Gasteiger partial charge in [-0.15, -0.1) is 0 Å². The number of benzene rings is 2. The van der Waals surface area contributed by atoms with Gasteiger partial charge in [0.1, 0.15) is 17.1 Å². The maximum atomic E-state index is 14.1. The Kier molecular flexibility index (Phi) is 7.19. The van der Waals surface area contributed by atoms with Crippen molar-refractivity contribution in [2.45, 2.75) is 24.5 Å². The fraction of sp³-hybridized carbons (Fsp3) is 0.333. The number of rotatable bonds is 5. The topological polar surface area (TPSA) is 206 Å². The summed E-state index contributed by atoms with van der Waals surface area (Å²) in [5, 5.41) is 50.7. The van der Waals surface area contributed by atoms with E-state index in [0.717, 1.165) is 0 Å². The highest BCUT2D eigenvalue weighted by Gasteiger charge is 2.63. The molecule has 2 aromatic carbocycles. The maximum Gasteiger partial charge on any atom is 0.323 e. The normalized spacial score (nSPS) is 24.7. The van der Waals surface area contributed by atoms with Gasteiger partial charge >= 0.3 is 6.03 Å². The highest BCUT2D eigenvalue weighted by Crippen LogP contribution is 2.53. The average molecular weight is 592 g/mol. The Hall–Kier alpha value is -4.88. The number of phenolic OH excluding ortho intramolecular Hbond substituents is 1. The van der Waals surface area contributed by atoms with E-state index >= 15 is 0 Å². The molecule has 3 aliphatic carbocycles. The van der Waals surface area contributed by atoms with E-state index in [2.05, 4.69) is 10.6 Å². The van der Waals surface area contributed by atoms with Crippen molar-refractivity contribution in [1.82, 2.24) is 4.90 Å². The van der Waals surface area contributed by atoms with E-state index in [1.165, 1.54) is 11.0 Å². The van der Waals surface area contributed by atoms with Crippen LogP contribution in [0.2, 0.25) is 0 Å². The first-order valence-electron chi connectivity index (χ1n) is 13.5. The number of hydrogen-bond acceptors (Lipinski definition) is 10. The van der Waals surface area contributed by atoms with Crippen molar-refractivity contribution in [3.63, 3.8) is 0 Å². The van der Waals surface area contributed by atoms with Crippen LogP contribution in [0.25, 0.3) is 0 Å². The van der Waals surface area contributed by atoms with Crippen molar-refractivity contribution < 1.29 is 39.6 Å². The minimum Gasteiger partial charge on any atom is -0.510 e. The minimum absolute atomic E-state index is 0.0289. The highest BCUT2D eigenvalue weighted by atomic mass is 16.3. The molecule has 3 amide bonds. The molecule has 226 valence electrons. The van der Waals surface area contributed by atoms with E-state index in [0.29, 0.717) is 16.9 Å². The molecule has 2 aromatic rings. The van der Waals surface area contributed by atoms with Crippen LogP contribution in [-0.4, -0.2) is 88.7 Å². The third-order valence-corrected chi connectivity index (χ3v) is 8.46. The number of aromatic hydroxyl groups is 1. The number of carbonyl (C=O) groups excluding carboxylic acids is 4. The van der Waals surface area contributed by atoms with E-state index in [9.17, 15) is 39.6 Å². The van der Waals surface area contributed by atoms with E-state index in [4.69, 9.17) is 5.73 Å². The van der Waals surface area contributed by atoms with Gasteiger partial charge in [-0.05, 0) is 56.6 Å². The van der Waals surface area contributed by atoms with Crippen LogP contribution in [0.3, 0.4) is 0 Å². The average Bonchev–Trinajstić information content (AvgIpc) is 2.92. The second-order valence-electron chi connectivity index (χ2n) is 11.4. The molecule has 0 aliphatic heterocycles. The number of carbonyl (C=O) groups is 4. The molecule has 0 spiro atoms. The molecule has 0 bridgehead atoms. The SMILES string of the molecule is CN(C)c1cc(NC(=O)Nc2ccccc2)c(O)c2c1C[C@H]1CC3[C@H](N(C)C)C(O)=C(C(N)=O)C(=O)[C@@]3(O)C(O)=C1C2=O. The summed E-state index contributed by atoms with van der Waals surface area (Å²) < 4.78 is 0. The van der Waals surface area contributed by atoms with E-state index < -0.39 is 69.8 Å². The van der Waals surface area contributed by atoms with E-state index in [1.54, 1.807) is 63.4 Å². The van der Waals surface area contributed by atoms with Gasteiger partial charge in [-0.1, -0.05) is 18.2 Å². The monoisotopic (exact) mass is 591 g/mol. The number of nitrogens with two attached hydrogens (primary N) is 1. The second-order valence-corrected chi connectivity index (χ2v) is 11.4. The lowest BCUT2D eigenvalue weighted by Crippen LogP contribution is -2.63. The Labute approximate surface area is 246 Å². The van der Waals surface area contributed by atoms with Gasteiger partial charge in [0.05, 0.1) is 17.3 Å². The van der Waals surface area contributed by atoms with Crippen LogP contribution in [0.15, 0.2) is 59.1 Å². The van der Waals surface area contributed by atoms with E-state index in [1.807, 2.05) is 0 Å². The number of ketones is 2. The maximum absolute atomic E-state index is 14.1. The number of nitrogens with one attached hydrogen (secondary N) is 2. The molecule has 0 radical (unpaired) electrons. The smallest absolute Gasteiger partial charge is 0.323 e. The molecular formula is C30H33N5O8. The summed E-state index contributed by atoms with van der Waals surface area (Å²) in [4.78, 5) is 55.7. The molecule has 0 aromatic heterocycles. The third kappa shape index (κ3) is 4.48. The largest absolute Gasteiger partial charge is 0.510 e. The molecule has 13 heteroatoms. The molecular weight excluding hydrogens is 558 g/mol. The van der Waals surface area contributed by atoms with Crippen molar-refractivity contribution in [3.8, 4) is 5.75 Å². The summed E-state index contributed by atoms with van der Waals surface area (Å²) in [5.41, 5.74) is 2.64. The van der Waals surface area contributed by atoms with Gasteiger partial charge < -0.3 is 41.7 Å². The number of urea groups is 1. The number of fused-ring (bicyclic) bond motifs is 3. The molecule has 0 saturated heterocycles. The Balaban J connectivity index is 1.63. The number of likely N-dealkylation sites (N-methyl/N-ethyl adjacent to an activating group) is 1. The van der Waals surface area contributed by atoms with Crippen LogP contribution in [0.5, 0.6) is 5.75 Å². The molecule has 0 fully saturated rings. The lowest BCUT2D eigenvalue weighted by Gasteiger charge is -2.50. The standard InChI is InChI=1S/C30H33N5O8/c1-34(2)18-12-17(33-29(42)32-14-8-6-5-7-9-14)23(36)20-15(18)10-13-11-16-22(35(3)4)25(38)21(28(31)41)27(40)30(16,43)26(39)19(13)24(20)37/h5-9,12-13,16,22,36,38-39,43H,10-11H2,1-4H3,(H2,31,41)(H2,32,33,42)/t13-,16?,22-,30-/m0/s1. The molecule has 13 nitrogen and oxygen atoms in total. The Morgan fingerprint density at radius 3 is 2.26 bits per heavy atom. The van der Waals surface area contributed by atoms with Gasteiger partial charge in [-0.2, -0.15) is 0 Å². The van der Waals surface area contributed by atoms with Crippen molar-refractivity contribution >= 4 is 40.6 Å². The molecule has 0 saturated carbocycles. The van der Waals surface area contributed by atoms with Crippen LogP contribution >= 0.6 is 0 Å². The predicted octanol–water partition coefficient (Wildman–Crippen LogP) is 1.83. The number of hydrogen-bond donors (Lipinski definition) is 7. The van der Waals surface area contributed by atoms with Gasteiger partial charge in [0.15, 0.2) is 17.1 Å². The van der Waals surface area contributed by atoms with Crippen LogP contribution in [0.4, 0.5) is 21.9 Å². The number of phenols is 1. The van der Waals surface area contributed by atoms with Gasteiger partial charge in [0.2, 0.25) is 5.78 Å². The Morgan fingerprint density at radius 1 is 1.02 bits per heavy atom. The molecule has 0 heterocycles. The molecule has 1 unspecified atom stereocenters. The fourth-order valence-electron chi connectivity index (χ4n) is 6.60. The zero-order valence-electron chi connectivity index (χ0n) is 24.0. The number of anilines is 3. The molecule has 3 aliphatic rings. The highest BCUT2D eigenvalue weighted by molar-refractivity contribution is 6.25. The second kappa shape index (κ2) is 10.4. The first-order valence-corrected chi connectivity index (χ1v) is 13.5. The summed E-state index contributed by atoms with van der Waals surface area (Å²) >= 11 is 0. The minimum atomic E-state index is -2.74. The molecule has 8 N–H and O–H groups in total. The quantitative estimate of drug-likeness (QED) is 0.198. The van der Waals surface area contributed by atoms with Crippen LogP contribution in [0.1, 0.15) is 22.3 Å². The summed E-state index contributed by atoms with van der Waals surface area (Å²) in [6.07, 6.45) is 0.0883. The number of Topliss-reactive ketones (excluding diaryl/α,β-unsaturated/α-hetero) is 2. The molecule has 5 rings (SSSR count). The van der Waals surface area contributed by atoms with Gasteiger partial charge in [-0.25, -0.2) is 4.79 Å². The van der Waals surface area contributed by atoms with Crippen LogP contribution in [0, 0.1) is 11.8 Å². The predicted molar refractivity (Wildman–Crippen MR) is 157 cm³/mol. The number of allylic oxidation sites excluding steroid dienone is 1. The number of aliphatic hydroxyl groups excluding tert-OH is 2. The summed E-state index contributed by atoms with van der Waals surface area (Å²) in [6.45, 7) is 0. The van der Waals surface area contributed by atoms with Gasteiger partial charge in [-0.3, -0.25) is 19.3 Å².